The van der Waals surface area contributed by atoms with Gasteiger partial charge in [0.2, 0.25) is 5.91 Å². The molecule has 0 radical (unpaired) electrons. The van der Waals surface area contributed by atoms with Crippen LogP contribution in [0.3, 0.4) is 0 Å². The lowest BCUT2D eigenvalue weighted by molar-refractivity contribution is -0.142. The summed E-state index contributed by atoms with van der Waals surface area (Å²) in [5, 5.41) is 0. The number of fused-ring (bicyclic) bond motifs is 1. The SMILES string of the molecule is O=C(C1CCOCC1)N1CC[C@H]2[C@H](CCCN2Cc2ccccc2-c2ccco2)C1. The average Bonchev–Trinajstić information content (AvgIpc) is 3.34. The Morgan fingerprint density at radius 1 is 1.00 bits per heavy atom. The summed E-state index contributed by atoms with van der Waals surface area (Å²) in [6.07, 6.45) is 7.05. The number of benzene rings is 1. The second-order valence-electron chi connectivity index (χ2n) is 9.03. The van der Waals surface area contributed by atoms with E-state index in [1.54, 1.807) is 6.26 Å². The molecule has 3 aliphatic heterocycles. The maximum Gasteiger partial charge on any atom is 0.225 e. The Bertz CT molecular complexity index is 844. The maximum absolute atomic E-state index is 13.0. The molecule has 3 fully saturated rings. The van der Waals surface area contributed by atoms with E-state index in [1.165, 1.54) is 24.0 Å². The highest BCUT2D eigenvalue weighted by Crippen LogP contribution is 2.34. The highest BCUT2D eigenvalue weighted by Gasteiger charge is 2.38. The Balaban J connectivity index is 1.27. The van der Waals surface area contributed by atoms with Gasteiger partial charge in [-0.3, -0.25) is 9.69 Å². The molecule has 1 aromatic heterocycles. The topological polar surface area (TPSA) is 45.9 Å². The standard InChI is InChI=1S/C25H32N2O3/c28-25(19-10-15-29-16-11-19)27-13-9-23-21(18-27)6-3-12-26(23)17-20-5-1-2-7-22(20)24-8-4-14-30-24/h1-2,4-5,7-8,14,19,21,23H,3,6,9-13,15-18H2/t21-,23+/m1/s1. The summed E-state index contributed by atoms with van der Waals surface area (Å²) in [7, 11) is 0. The molecule has 30 heavy (non-hydrogen) atoms. The van der Waals surface area contributed by atoms with Crippen molar-refractivity contribution < 1.29 is 13.9 Å². The number of likely N-dealkylation sites (tertiary alicyclic amines) is 2. The highest BCUT2D eigenvalue weighted by molar-refractivity contribution is 5.79. The Morgan fingerprint density at radius 3 is 2.70 bits per heavy atom. The Kier molecular flexibility index (Phi) is 5.91. The van der Waals surface area contributed by atoms with Gasteiger partial charge in [0, 0.05) is 50.4 Å². The summed E-state index contributed by atoms with van der Waals surface area (Å²) >= 11 is 0. The van der Waals surface area contributed by atoms with Crippen molar-refractivity contribution in [2.24, 2.45) is 11.8 Å². The molecule has 1 amide bonds. The van der Waals surface area contributed by atoms with Crippen LogP contribution in [0.5, 0.6) is 0 Å². The average molecular weight is 409 g/mol. The maximum atomic E-state index is 13.0. The van der Waals surface area contributed by atoms with Crippen molar-refractivity contribution >= 4 is 5.91 Å². The lowest BCUT2D eigenvalue weighted by atomic mass is 9.82. The zero-order chi connectivity index (χ0) is 20.3. The number of amides is 1. The molecule has 3 saturated heterocycles. The summed E-state index contributed by atoms with van der Waals surface area (Å²) in [6.45, 7) is 5.39. The first kappa shape index (κ1) is 19.8. The Labute approximate surface area is 179 Å². The van der Waals surface area contributed by atoms with Crippen molar-refractivity contribution in [1.82, 2.24) is 9.80 Å². The fraction of sp³-hybridized carbons (Fsp3) is 0.560. The van der Waals surface area contributed by atoms with Crippen molar-refractivity contribution in [3.05, 3.63) is 48.2 Å². The van der Waals surface area contributed by atoms with Crippen LogP contribution < -0.4 is 0 Å². The number of ether oxygens (including phenoxy) is 1. The molecule has 2 aromatic rings. The number of rotatable bonds is 4. The van der Waals surface area contributed by atoms with Crippen LogP contribution >= 0.6 is 0 Å². The number of piperidine rings is 2. The smallest absolute Gasteiger partial charge is 0.225 e. The molecule has 5 nitrogen and oxygen atoms in total. The second-order valence-corrected chi connectivity index (χ2v) is 9.03. The highest BCUT2D eigenvalue weighted by atomic mass is 16.5. The molecule has 0 bridgehead atoms. The predicted molar refractivity (Wildman–Crippen MR) is 116 cm³/mol. The molecule has 0 saturated carbocycles. The number of nitrogens with zero attached hydrogens (tertiary/aromatic N) is 2. The minimum atomic E-state index is 0.176. The first-order chi connectivity index (χ1) is 14.8. The van der Waals surface area contributed by atoms with Gasteiger partial charge in [-0.25, -0.2) is 0 Å². The molecule has 0 spiro atoms. The monoisotopic (exact) mass is 408 g/mol. The molecule has 3 aliphatic rings. The lowest BCUT2D eigenvalue weighted by Crippen LogP contribution is -2.55. The molecule has 5 rings (SSSR count). The van der Waals surface area contributed by atoms with E-state index in [1.807, 2.05) is 12.1 Å². The molecular formula is C25H32N2O3. The van der Waals surface area contributed by atoms with Crippen LogP contribution in [-0.2, 0) is 16.1 Å². The zero-order valence-corrected chi connectivity index (χ0v) is 17.7. The van der Waals surface area contributed by atoms with Crippen molar-refractivity contribution in [3.8, 4) is 11.3 Å². The molecule has 160 valence electrons. The molecule has 0 aliphatic carbocycles. The number of furan rings is 1. The van der Waals surface area contributed by atoms with Gasteiger partial charge in [0.25, 0.3) is 0 Å². The fourth-order valence-corrected chi connectivity index (χ4v) is 5.66. The number of carbonyl (C=O) groups is 1. The van der Waals surface area contributed by atoms with Gasteiger partial charge in [0.1, 0.15) is 5.76 Å². The van der Waals surface area contributed by atoms with E-state index in [9.17, 15) is 4.79 Å². The van der Waals surface area contributed by atoms with Gasteiger partial charge in [-0.15, -0.1) is 0 Å². The minimum Gasteiger partial charge on any atom is -0.464 e. The summed E-state index contributed by atoms with van der Waals surface area (Å²) < 4.78 is 11.1. The quantitative estimate of drug-likeness (QED) is 0.761. The van der Waals surface area contributed by atoms with Crippen LogP contribution in [-0.4, -0.2) is 54.6 Å². The van der Waals surface area contributed by atoms with E-state index >= 15 is 0 Å². The molecule has 4 heterocycles. The number of hydrogen-bond donors (Lipinski definition) is 0. The second kappa shape index (κ2) is 8.94. The fourth-order valence-electron chi connectivity index (χ4n) is 5.66. The summed E-state index contributed by atoms with van der Waals surface area (Å²) in [4.78, 5) is 17.8. The van der Waals surface area contributed by atoms with Gasteiger partial charge >= 0.3 is 0 Å². The normalized spacial score (nSPS) is 25.8. The molecule has 0 N–H and O–H groups in total. The van der Waals surface area contributed by atoms with Gasteiger partial charge in [-0.05, 0) is 62.3 Å². The Morgan fingerprint density at radius 2 is 1.87 bits per heavy atom. The zero-order valence-electron chi connectivity index (χ0n) is 17.7. The number of hydrogen-bond acceptors (Lipinski definition) is 4. The Hall–Kier alpha value is -2.11. The first-order valence-corrected chi connectivity index (χ1v) is 11.5. The molecule has 0 unspecified atom stereocenters. The van der Waals surface area contributed by atoms with E-state index in [-0.39, 0.29) is 5.92 Å². The van der Waals surface area contributed by atoms with Gasteiger partial charge in [0.05, 0.1) is 6.26 Å². The minimum absolute atomic E-state index is 0.176. The summed E-state index contributed by atoms with van der Waals surface area (Å²) in [5.74, 6) is 2.08. The molecule has 2 atom stereocenters. The van der Waals surface area contributed by atoms with Crippen LogP contribution in [0.25, 0.3) is 11.3 Å². The van der Waals surface area contributed by atoms with Crippen LogP contribution in [0.2, 0.25) is 0 Å². The van der Waals surface area contributed by atoms with Gasteiger partial charge in [0.15, 0.2) is 0 Å². The van der Waals surface area contributed by atoms with E-state index < -0.39 is 0 Å². The van der Waals surface area contributed by atoms with Crippen molar-refractivity contribution in [1.29, 1.82) is 0 Å². The van der Waals surface area contributed by atoms with Gasteiger partial charge < -0.3 is 14.1 Å². The lowest BCUT2D eigenvalue weighted by Gasteiger charge is -2.48. The third-order valence-electron chi connectivity index (χ3n) is 7.24. The van der Waals surface area contributed by atoms with Crippen molar-refractivity contribution in [2.75, 3.05) is 32.8 Å². The largest absolute Gasteiger partial charge is 0.464 e. The number of carbonyl (C=O) groups excluding carboxylic acids is 1. The molecule has 1 aromatic carbocycles. The van der Waals surface area contributed by atoms with E-state index in [0.29, 0.717) is 17.9 Å². The van der Waals surface area contributed by atoms with Gasteiger partial charge in [-0.1, -0.05) is 24.3 Å². The van der Waals surface area contributed by atoms with E-state index in [0.717, 1.165) is 64.4 Å². The van der Waals surface area contributed by atoms with Crippen LogP contribution in [0.4, 0.5) is 0 Å². The first-order valence-electron chi connectivity index (χ1n) is 11.5. The molecule has 5 heteroatoms. The van der Waals surface area contributed by atoms with Crippen LogP contribution in [0.15, 0.2) is 47.1 Å². The van der Waals surface area contributed by atoms with Crippen LogP contribution in [0.1, 0.15) is 37.7 Å². The third-order valence-corrected chi connectivity index (χ3v) is 7.24. The van der Waals surface area contributed by atoms with E-state index in [2.05, 4.69) is 34.1 Å². The third kappa shape index (κ3) is 4.06. The van der Waals surface area contributed by atoms with Gasteiger partial charge in [-0.2, -0.15) is 0 Å². The summed E-state index contributed by atoms with van der Waals surface area (Å²) in [5.41, 5.74) is 2.52. The molecular weight excluding hydrogens is 376 g/mol. The van der Waals surface area contributed by atoms with Crippen molar-refractivity contribution in [2.45, 2.75) is 44.7 Å². The summed E-state index contributed by atoms with van der Waals surface area (Å²) in [6, 6.07) is 13.2. The van der Waals surface area contributed by atoms with Crippen molar-refractivity contribution in [3.63, 3.8) is 0 Å². The predicted octanol–water partition coefficient (Wildman–Crippen LogP) is 4.19. The van der Waals surface area contributed by atoms with Crippen LogP contribution in [0, 0.1) is 11.8 Å². The van der Waals surface area contributed by atoms with E-state index in [4.69, 9.17) is 9.15 Å².